The third-order valence-electron chi connectivity index (χ3n) is 7.09. The standard InChI is InChI=1S/C31H33N3O2/c1-33(24-11-15-28(35-3)16-12-24)26-7-5-6-23(20-26)32-31-19-9-22-8-10-27(21-30(22)31)34(2)25-13-17-29(36-4)18-14-25/h5-8,10-18,20-21,31-32H,9,19H2,1-4H3. The lowest BCUT2D eigenvalue weighted by Crippen LogP contribution is -2.12. The van der Waals surface area contributed by atoms with E-state index in [-0.39, 0.29) is 6.04 Å². The number of aryl methyl sites for hydroxylation is 1. The number of nitrogens with zero attached hydrogens (tertiary/aromatic N) is 2. The minimum Gasteiger partial charge on any atom is -0.497 e. The van der Waals surface area contributed by atoms with Gasteiger partial charge in [-0.2, -0.15) is 0 Å². The van der Waals surface area contributed by atoms with Gasteiger partial charge in [0.05, 0.1) is 20.3 Å². The second-order valence-corrected chi connectivity index (χ2v) is 9.18. The van der Waals surface area contributed by atoms with Crippen LogP contribution >= 0.6 is 0 Å². The fourth-order valence-corrected chi connectivity index (χ4v) is 4.86. The Kier molecular flexibility index (Phi) is 6.72. The van der Waals surface area contributed by atoms with Gasteiger partial charge >= 0.3 is 0 Å². The largest absolute Gasteiger partial charge is 0.497 e. The van der Waals surface area contributed by atoms with Gasteiger partial charge in [0.25, 0.3) is 0 Å². The van der Waals surface area contributed by atoms with Crippen LogP contribution < -0.4 is 24.6 Å². The summed E-state index contributed by atoms with van der Waals surface area (Å²) in [6.07, 6.45) is 2.18. The van der Waals surface area contributed by atoms with E-state index in [9.17, 15) is 0 Å². The number of methoxy groups -OCH3 is 2. The van der Waals surface area contributed by atoms with Crippen molar-refractivity contribution >= 4 is 28.4 Å². The molecule has 1 aliphatic carbocycles. The van der Waals surface area contributed by atoms with E-state index >= 15 is 0 Å². The summed E-state index contributed by atoms with van der Waals surface area (Å²) >= 11 is 0. The Morgan fingerprint density at radius 2 is 1.22 bits per heavy atom. The van der Waals surface area contributed by atoms with Crippen LogP contribution in [-0.2, 0) is 6.42 Å². The highest BCUT2D eigenvalue weighted by atomic mass is 16.5. The predicted molar refractivity (Wildman–Crippen MR) is 150 cm³/mol. The molecule has 1 N–H and O–H groups in total. The Morgan fingerprint density at radius 3 is 1.81 bits per heavy atom. The van der Waals surface area contributed by atoms with Crippen molar-refractivity contribution in [3.8, 4) is 11.5 Å². The molecule has 5 nitrogen and oxygen atoms in total. The zero-order valence-corrected chi connectivity index (χ0v) is 21.4. The van der Waals surface area contributed by atoms with E-state index in [1.54, 1.807) is 14.2 Å². The van der Waals surface area contributed by atoms with Crippen molar-refractivity contribution in [1.29, 1.82) is 0 Å². The monoisotopic (exact) mass is 479 g/mol. The van der Waals surface area contributed by atoms with Crippen LogP contribution in [0.4, 0.5) is 28.4 Å². The van der Waals surface area contributed by atoms with Gasteiger partial charge in [0.2, 0.25) is 0 Å². The van der Waals surface area contributed by atoms with Gasteiger partial charge in [0, 0.05) is 42.5 Å². The summed E-state index contributed by atoms with van der Waals surface area (Å²) in [6.45, 7) is 0. The number of benzene rings is 4. The second kappa shape index (κ2) is 10.2. The molecule has 4 aromatic rings. The number of anilines is 5. The van der Waals surface area contributed by atoms with E-state index in [1.165, 1.54) is 16.8 Å². The van der Waals surface area contributed by atoms with E-state index in [0.717, 1.165) is 47.1 Å². The van der Waals surface area contributed by atoms with Crippen LogP contribution in [0.25, 0.3) is 0 Å². The average Bonchev–Trinajstić information content (AvgIpc) is 3.34. The van der Waals surface area contributed by atoms with E-state index < -0.39 is 0 Å². The predicted octanol–water partition coefficient (Wildman–Crippen LogP) is 7.34. The molecule has 0 saturated carbocycles. The molecule has 0 amide bonds. The van der Waals surface area contributed by atoms with Crippen LogP contribution in [0.2, 0.25) is 0 Å². The number of fused-ring (bicyclic) bond motifs is 1. The molecule has 5 rings (SSSR count). The summed E-state index contributed by atoms with van der Waals surface area (Å²) in [6, 6.07) is 32.0. The third kappa shape index (κ3) is 4.82. The molecule has 0 fully saturated rings. The van der Waals surface area contributed by atoms with Crippen LogP contribution in [0.15, 0.2) is 91.0 Å². The van der Waals surface area contributed by atoms with Crippen molar-refractivity contribution in [3.05, 3.63) is 102 Å². The molecular formula is C31H33N3O2. The Bertz CT molecular complexity index is 1320. The maximum absolute atomic E-state index is 5.31. The van der Waals surface area contributed by atoms with Crippen LogP contribution in [0, 0.1) is 0 Å². The molecule has 0 saturated heterocycles. The van der Waals surface area contributed by atoms with Crippen LogP contribution in [0.5, 0.6) is 11.5 Å². The fraction of sp³-hybridized carbons (Fsp3) is 0.226. The minimum absolute atomic E-state index is 0.283. The molecule has 184 valence electrons. The Morgan fingerprint density at radius 1 is 0.667 bits per heavy atom. The zero-order valence-electron chi connectivity index (χ0n) is 21.4. The molecular weight excluding hydrogens is 446 g/mol. The molecule has 5 heteroatoms. The smallest absolute Gasteiger partial charge is 0.119 e. The first-order chi connectivity index (χ1) is 17.6. The fourth-order valence-electron chi connectivity index (χ4n) is 4.86. The quantitative estimate of drug-likeness (QED) is 0.286. The highest BCUT2D eigenvalue weighted by molar-refractivity contribution is 5.68. The Labute approximate surface area is 213 Å². The van der Waals surface area contributed by atoms with Crippen molar-refractivity contribution in [1.82, 2.24) is 0 Å². The van der Waals surface area contributed by atoms with Crippen molar-refractivity contribution in [3.63, 3.8) is 0 Å². The number of rotatable bonds is 8. The van der Waals surface area contributed by atoms with Gasteiger partial charge in [-0.15, -0.1) is 0 Å². The van der Waals surface area contributed by atoms with E-state index in [4.69, 9.17) is 9.47 Å². The first-order valence-electron chi connectivity index (χ1n) is 12.3. The van der Waals surface area contributed by atoms with Gasteiger partial charge in [-0.1, -0.05) is 12.1 Å². The van der Waals surface area contributed by atoms with Crippen molar-refractivity contribution in [2.24, 2.45) is 0 Å². The summed E-state index contributed by atoms with van der Waals surface area (Å²) < 4.78 is 10.6. The highest BCUT2D eigenvalue weighted by Crippen LogP contribution is 2.38. The van der Waals surface area contributed by atoms with Gasteiger partial charge < -0.3 is 24.6 Å². The van der Waals surface area contributed by atoms with Crippen molar-refractivity contribution in [2.75, 3.05) is 43.4 Å². The van der Waals surface area contributed by atoms with Crippen LogP contribution in [-0.4, -0.2) is 28.3 Å². The molecule has 0 spiro atoms. The third-order valence-corrected chi connectivity index (χ3v) is 7.09. The summed E-state index contributed by atoms with van der Waals surface area (Å²) in [5.41, 5.74) is 8.49. The first kappa shape index (κ1) is 23.6. The molecule has 0 aliphatic heterocycles. The highest BCUT2D eigenvalue weighted by Gasteiger charge is 2.23. The molecule has 1 unspecified atom stereocenters. The van der Waals surface area contributed by atoms with E-state index in [2.05, 4.69) is 95.9 Å². The average molecular weight is 480 g/mol. The normalized spacial score (nSPS) is 14.2. The lowest BCUT2D eigenvalue weighted by molar-refractivity contribution is 0.414. The number of hydrogen-bond acceptors (Lipinski definition) is 5. The molecule has 1 aliphatic rings. The lowest BCUT2D eigenvalue weighted by atomic mass is 10.1. The Hall–Kier alpha value is -4.12. The molecule has 36 heavy (non-hydrogen) atoms. The van der Waals surface area contributed by atoms with Gasteiger partial charge in [0.1, 0.15) is 11.5 Å². The van der Waals surface area contributed by atoms with Crippen LogP contribution in [0.1, 0.15) is 23.6 Å². The molecule has 4 aromatic carbocycles. The van der Waals surface area contributed by atoms with Crippen molar-refractivity contribution in [2.45, 2.75) is 18.9 Å². The lowest BCUT2D eigenvalue weighted by Gasteiger charge is -2.23. The van der Waals surface area contributed by atoms with Gasteiger partial charge in [0.15, 0.2) is 0 Å². The van der Waals surface area contributed by atoms with Gasteiger partial charge in [-0.25, -0.2) is 0 Å². The van der Waals surface area contributed by atoms with Gasteiger partial charge in [-0.3, -0.25) is 0 Å². The molecule has 0 radical (unpaired) electrons. The van der Waals surface area contributed by atoms with Crippen molar-refractivity contribution < 1.29 is 9.47 Å². The topological polar surface area (TPSA) is 37.0 Å². The maximum atomic E-state index is 5.31. The van der Waals surface area contributed by atoms with E-state index in [0.29, 0.717) is 0 Å². The second-order valence-electron chi connectivity index (χ2n) is 9.18. The van der Waals surface area contributed by atoms with E-state index in [1.807, 2.05) is 24.3 Å². The molecule has 1 atom stereocenters. The SMILES string of the molecule is COc1ccc(N(C)c2cccc(NC3CCc4ccc(N(C)c5ccc(OC)cc5)cc43)c2)cc1. The minimum atomic E-state index is 0.283. The number of ether oxygens (including phenoxy) is 2. The number of nitrogens with one attached hydrogen (secondary N) is 1. The van der Waals surface area contributed by atoms with Crippen LogP contribution in [0.3, 0.4) is 0 Å². The number of hydrogen-bond donors (Lipinski definition) is 1. The Balaban J connectivity index is 1.34. The summed E-state index contributed by atoms with van der Waals surface area (Å²) in [7, 11) is 7.58. The summed E-state index contributed by atoms with van der Waals surface area (Å²) in [5, 5.41) is 3.80. The van der Waals surface area contributed by atoms with Gasteiger partial charge in [-0.05, 0) is 103 Å². The maximum Gasteiger partial charge on any atom is 0.119 e. The first-order valence-corrected chi connectivity index (χ1v) is 12.3. The molecule has 0 aromatic heterocycles. The summed E-state index contributed by atoms with van der Waals surface area (Å²) in [5.74, 6) is 1.73. The zero-order chi connectivity index (χ0) is 25.1. The summed E-state index contributed by atoms with van der Waals surface area (Å²) in [4.78, 5) is 4.41. The molecule has 0 bridgehead atoms. The molecule has 0 heterocycles.